The van der Waals surface area contributed by atoms with Crippen molar-refractivity contribution in [2.45, 2.75) is 6.54 Å². The lowest BCUT2D eigenvalue weighted by Gasteiger charge is -2.02. The molecule has 0 aliphatic carbocycles. The molecule has 0 fully saturated rings. The molecule has 1 aromatic heterocycles. The zero-order valence-electron chi connectivity index (χ0n) is 13.5. The summed E-state index contributed by atoms with van der Waals surface area (Å²) in [5.74, 6) is -2.10. The summed E-state index contributed by atoms with van der Waals surface area (Å²) in [5, 5.41) is 10.4. The van der Waals surface area contributed by atoms with E-state index in [4.69, 9.17) is 11.6 Å². The smallest absolute Gasteiger partial charge is 0.282 e. The van der Waals surface area contributed by atoms with Crippen LogP contribution in [0.4, 0.5) is 13.2 Å². The van der Waals surface area contributed by atoms with Gasteiger partial charge in [0.1, 0.15) is 17.5 Å². The molecule has 0 saturated carbocycles. The van der Waals surface area contributed by atoms with E-state index < -0.39 is 17.5 Å². The number of carbonyl (C=O) groups excluding carboxylic acids is 1. The van der Waals surface area contributed by atoms with Crippen LogP contribution in [0, 0.1) is 17.5 Å². The van der Waals surface area contributed by atoms with Gasteiger partial charge >= 0.3 is 0 Å². The van der Waals surface area contributed by atoms with Crippen LogP contribution in [0.15, 0.2) is 42.5 Å². The highest BCUT2D eigenvalue weighted by atomic mass is 35.5. The van der Waals surface area contributed by atoms with Crippen LogP contribution in [-0.4, -0.2) is 16.1 Å². The van der Waals surface area contributed by atoms with E-state index in [0.29, 0.717) is 5.56 Å². The largest absolute Gasteiger partial charge is 0.346 e. The molecule has 1 amide bonds. The maximum atomic E-state index is 13.7. The summed E-state index contributed by atoms with van der Waals surface area (Å²) in [6.45, 7) is 0.187. The fourth-order valence-corrected chi connectivity index (χ4v) is 3.03. The topological polar surface area (TPSA) is 54.9 Å². The van der Waals surface area contributed by atoms with E-state index >= 15 is 0 Å². The van der Waals surface area contributed by atoms with Crippen LogP contribution in [-0.2, 0) is 6.54 Å². The molecule has 4 nitrogen and oxygen atoms in total. The lowest BCUT2D eigenvalue weighted by molar-refractivity contribution is 0.0950. The Hall–Kier alpha value is -2.71. The Morgan fingerprint density at radius 1 is 1.04 bits per heavy atom. The fraction of sp³-hybridized carbons (Fsp3) is 0.0556. The van der Waals surface area contributed by atoms with Crippen molar-refractivity contribution in [2.24, 2.45) is 0 Å². The molecular formula is C18H11ClF3N3OS. The lowest BCUT2D eigenvalue weighted by atomic mass is 10.2. The molecule has 3 aromatic rings. The first-order valence-corrected chi connectivity index (χ1v) is 8.80. The molecular weight excluding hydrogens is 399 g/mol. The maximum absolute atomic E-state index is 13.7. The van der Waals surface area contributed by atoms with Crippen molar-refractivity contribution in [1.29, 1.82) is 0 Å². The molecule has 3 rings (SSSR count). The summed E-state index contributed by atoms with van der Waals surface area (Å²) in [6, 6.07) is 8.66. The van der Waals surface area contributed by atoms with Gasteiger partial charge in [-0.25, -0.2) is 13.2 Å². The molecule has 0 radical (unpaired) electrons. The van der Waals surface area contributed by atoms with Crippen molar-refractivity contribution in [3.8, 4) is 0 Å². The predicted molar refractivity (Wildman–Crippen MR) is 97.6 cm³/mol. The second kappa shape index (κ2) is 8.32. The summed E-state index contributed by atoms with van der Waals surface area (Å²) in [4.78, 5) is 12.1. The number of halogens is 4. The van der Waals surface area contributed by atoms with E-state index in [9.17, 15) is 18.0 Å². The van der Waals surface area contributed by atoms with E-state index in [1.54, 1.807) is 12.1 Å². The van der Waals surface area contributed by atoms with Gasteiger partial charge in [0.25, 0.3) is 5.91 Å². The van der Waals surface area contributed by atoms with Crippen LogP contribution < -0.4 is 5.32 Å². The number of amides is 1. The second-order valence-corrected chi connectivity index (χ2v) is 6.76. The highest BCUT2D eigenvalue weighted by molar-refractivity contribution is 7.15. The van der Waals surface area contributed by atoms with Crippen molar-refractivity contribution in [2.75, 3.05) is 0 Å². The molecule has 2 aromatic carbocycles. The van der Waals surface area contributed by atoms with Gasteiger partial charge in [0.05, 0.1) is 5.03 Å². The van der Waals surface area contributed by atoms with E-state index in [2.05, 4.69) is 15.5 Å². The molecule has 1 heterocycles. The number of nitrogens with one attached hydrogen (secondary N) is 1. The normalized spacial score (nSPS) is 11.5. The molecule has 1 N–H and O–H groups in total. The van der Waals surface area contributed by atoms with Crippen LogP contribution in [0.25, 0.3) is 11.1 Å². The fourth-order valence-electron chi connectivity index (χ4n) is 2.10. The Balaban J connectivity index is 1.69. The first-order valence-electron chi connectivity index (χ1n) is 7.61. The van der Waals surface area contributed by atoms with Crippen molar-refractivity contribution >= 4 is 40.0 Å². The number of benzene rings is 2. The predicted octanol–water partition coefficient (Wildman–Crippen LogP) is 4.62. The number of nitrogens with zero attached hydrogens (tertiary/aromatic N) is 2. The molecule has 0 spiro atoms. The van der Waals surface area contributed by atoms with E-state index in [1.807, 2.05) is 0 Å². The quantitative estimate of drug-likeness (QED) is 0.668. The third-order valence-electron chi connectivity index (χ3n) is 3.43. The molecule has 0 aliphatic heterocycles. The van der Waals surface area contributed by atoms with Gasteiger partial charge in [-0.05, 0) is 42.0 Å². The number of carbonyl (C=O) groups is 1. The Morgan fingerprint density at radius 3 is 2.44 bits per heavy atom. The Labute approximate surface area is 161 Å². The number of aromatic nitrogens is 2. The van der Waals surface area contributed by atoms with Crippen LogP contribution in [0.3, 0.4) is 0 Å². The monoisotopic (exact) mass is 409 g/mol. The molecule has 0 bridgehead atoms. The van der Waals surface area contributed by atoms with Crippen molar-refractivity contribution < 1.29 is 18.0 Å². The van der Waals surface area contributed by atoms with E-state index in [0.717, 1.165) is 29.5 Å². The molecule has 138 valence electrons. The number of hydrogen-bond donors (Lipinski definition) is 1. The first-order chi connectivity index (χ1) is 12.9. The summed E-state index contributed by atoms with van der Waals surface area (Å²) >= 11 is 6.99. The van der Waals surface area contributed by atoms with Crippen LogP contribution in [0.2, 0.25) is 0 Å². The Kier molecular flexibility index (Phi) is 5.88. The minimum absolute atomic E-state index is 0.0228. The Morgan fingerprint density at radius 2 is 1.70 bits per heavy atom. The summed E-state index contributed by atoms with van der Waals surface area (Å²) in [7, 11) is 0. The van der Waals surface area contributed by atoms with Crippen molar-refractivity contribution in [1.82, 2.24) is 15.5 Å². The summed E-state index contributed by atoms with van der Waals surface area (Å²) < 4.78 is 39.8. The number of hydrogen-bond acceptors (Lipinski definition) is 4. The molecule has 9 heteroatoms. The van der Waals surface area contributed by atoms with Crippen molar-refractivity contribution in [3.05, 3.63) is 81.1 Å². The Bertz CT molecular complexity index is 1010. The molecule has 0 saturated heterocycles. The lowest BCUT2D eigenvalue weighted by Crippen LogP contribution is -2.22. The van der Waals surface area contributed by atoms with Crippen LogP contribution in [0.1, 0.15) is 25.9 Å². The molecule has 0 aliphatic rings. The average Bonchev–Trinajstić information content (AvgIpc) is 3.14. The van der Waals surface area contributed by atoms with Crippen LogP contribution >= 0.6 is 22.9 Å². The average molecular weight is 410 g/mol. The van der Waals surface area contributed by atoms with Gasteiger partial charge in [0.15, 0.2) is 5.01 Å². The standard InChI is InChI=1S/C18H11ClF3N3OS/c19-14(8-11-7-13(21)5-6-15(11)22)17-24-25-18(27-17)16(26)23-9-10-1-3-12(20)4-2-10/h1-8H,9H2,(H,23,26). The van der Waals surface area contributed by atoms with Gasteiger partial charge in [0.2, 0.25) is 5.01 Å². The van der Waals surface area contributed by atoms with Gasteiger partial charge in [0, 0.05) is 12.1 Å². The van der Waals surface area contributed by atoms with Gasteiger partial charge in [-0.3, -0.25) is 4.79 Å². The van der Waals surface area contributed by atoms with Gasteiger partial charge in [-0.2, -0.15) is 0 Å². The van der Waals surface area contributed by atoms with Gasteiger partial charge in [-0.1, -0.05) is 35.1 Å². The molecule has 27 heavy (non-hydrogen) atoms. The van der Waals surface area contributed by atoms with Gasteiger partial charge < -0.3 is 5.32 Å². The van der Waals surface area contributed by atoms with Crippen molar-refractivity contribution in [3.63, 3.8) is 0 Å². The SMILES string of the molecule is O=C(NCc1ccc(F)cc1)c1nnc(C(Cl)=Cc2cc(F)ccc2F)s1. The number of rotatable bonds is 5. The zero-order valence-corrected chi connectivity index (χ0v) is 15.1. The van der Waals surface area contributed by atoms with E-state index in [1.165, 1.54) is 18.2 Å². The zero-order chi connectivity index (χ0) is 19.4. The highest BCUT2D eigenvalue weighted by Gasteiger charge is 2.15. The van der Waals surface area contributed by atoms with Gasteiger partial charge in [-0.15, -0.1) is 10.2 Å². The van der Waals surface area contributed by atoms with Crippen LogP contribution in [0.5, 0.6) is 0 Å². The minimum atomic E-state index is -0.642. The minimum Gasteiger partial charge on any atom is -0.346 e. The summed E-state index contributed by atoms with van der Waals surface area (Å²) in [6.07, 6.45) is 1.21. The summed E-state index contributed by atoms with van der Waals surface area (Å²) in [5.41, 5.74) is 0.673. The third kappa shape index (κ3) is 4.93. The van der Waals surface area contributed by atoms with E-state index in [-0.39, 0.29) is 33.0 Å². The molecule has 0 unspecified atom stereocenters. The second-order valence-electron chi connectivity index (χ2n) is 5.38. The third-order valence-corrected chi connectivity index (χ3v) is 4.79. The first kappa shape index (κ1) is 19.1. The maximum Gasteiger partial charge on any atom is 0.282 e. The highest BCUT2D eigenvalue weighted by Crippen LogP contribution is 2.26. The molecule has 0 atom stereocenters.